The van der Waals surface area contributed by atoms with Crippen LogP contribution in [0.2, 0.25) is 0 Å². The van der Waals surface area contributed by atoms with E-state index in [2.05, 4.69) is 45.1 Å². The Morgan fingerprint density at radius 1 is 1.23 bits per heavy atom. The lowest BCUT2D eigenvalue weighted by molar-refractivity contribution is -0.119. The lowest BCUT2D eigenvalue weighted by atomic mass is 10.1. The van der Waals surface area contributed by atoms with E-state index in [1.807, 2.05) is 24.3 Å². The standard InChI is InChI=1S/C19H18N4O2S/c1-12(24)20-11-18-23-22-17(25-18)10-19-21-15-8-7-14(9-16(15)26-19)13-5-3-2-4-6-13/h2-9,18,23H,10-11H2,1H3,(H,20,24). The van der Waals surface area contributed by atoms with Crippen molar-refractivity contribution in [2.75, 3.05) is 6.54 Å². The van der Waals surface area contributed by atoms with Gasteiger partial charge in [0.05, 0.1) is 23.2 Å². The number of carbonyl (C=O) groups excluding carboxylic acids is 1. The number of ether oxygens (including phenoxy) is 1. The maximum atomic E-state index is 11.0. The highest BCUT2D eigenvalue weighted by Crippen LogP contribution is 2.28. The summed E-state index contributed by atoms with van der Waals surface area (Å²) in [6.45, 7) is 1.85. The summed E-state index contributed by atoms with van der Waals surface area (Å²) < 4.78 is 6.84. The van der Waals surface area contributed by atoms with E-state index in [-0.39, 0.29) is 12.1 Å². The SMILES string of the molecule is CC(=O)NCC1NN=C(Cc2nc3ccc(-c4ccccc4)cc3s2)O1. The molecule has 2 aromatic carbocycles. The van der Waals surface area contributed by atoms with Crippen molar-refractivity contribution in [2.24, 2.45) is 5.10 Å². The Balaban J connectivity index is 1.46. The Hall–Kier alpha value is -2.93. The van der Waals surface area contributed by atoms with Gasteiger partial charge in [-0.2, -0.15) is 0 Å². The number of hydrazone groups is 1. The summed E-state index contributed by atoms with van der Waals surface area (Å²) in [6.07, 6.45) is 0.205. The second kappa shape index (κ2) is 7.13. The molecule has 1 aliphatic rings. The molecule has 3 aromatic rings. The highest BCUT2D eigenvalue weighted by molar-refractivity contribution is 7.18. The minimum Gasteiger partial charge on any atom is -0.452 e. The maximum Gasteiger partial charge on any atom is 0.217 e. The van der Waals surface area contributed by atoms with Crippen LogP contribution in [0.15, 0.2) is 53.6 Å². The molecule has 4 rings (SSSR count). The van der Waals surface area contributed by atoms with E-state index < -0.39 is 0 Å². The molecule has 0 saturated carbocycles. The Morgan fingerprint density at radius 3 is 2.88 bits per heavy atom. The summed E-state index contributed by atoms with van der Waals surface area (Å²) in [5.74, 6) is 0.493. The van der Waals surface area contributed by atoms with Crippen LogP contribution >= 0.6 is 11.3 Å². The summed E-state index contributed by atoms with van der Waals surface area (Å²) in [6, 6.07) is 16.6. The molecule has 1 atom stereocenters. The van der Waals surface area contributed by atoms with E-state index in [0.717, 1.165) is 15.2 Å². The largest absolute Gasteiger partial charge is 0.452 e. The number of thiazole rings is 1. The number of benzene rings is 2. The molecule has 6 nitrogen and oxygen atoms in total. The van der Waals surface area contributed by atoms with Gasteiger partial charge in [0, 0.05) is 6.92 Å². The minimum absolute atomic E-state index is 0.0933. The number of rotatable bonds is 5. The molecule has 0 radical (unpaired) electrons. The van der Waals surface area contributed by atoms with Crippen molar-refractivity contribution >= 4 is 33.4 Å². The van der Waals surface area contributed by atoms with Gasteiger partial charge in [0.2, 0.25) is 18.0 Å². The van der Waals surface area contributed by atoms with Gasteiger partial charge < -0.3 is 10.1 Å². The molecular formula is C19H18N4O2S. The zero-order chi connectivity index (χ0) is 17.9. The summed E-state index contributed by atoms with van der Waals surface area (Å²) in [4.78, 5) is 15.6. The normalized spacial score (nSPS) is 16.0. The number of amides is 1. The van der Waals surface area contributed by atoms with Crippen molar-refractivity contribution in [3.05, 3.63) is 53.5 Å². The molecule has 1 aromatic heterocycles. The topological polar surface area (TPSA) is 75.6 Å². The summed E-state index contributed by atoms with van der Waals surface area (Å²) in [5.41, 5.74) is 6.23. The van der Waals surface area contributed by atoms with Crippen LogP contribution in [0.1, 0.15) is 11.9 Å². The molecule has 0 fully saturated rings. The zero-order valence-corrected chi connectivity index (χ0v) is 15.0. The predicted molar refractivity (Wildman–Crippen MR) is 103 cm³/mol. The van der Waals surface area contributed by atoms with Crippen molar-refractivity contribution < 1.29 is 9.53 Å². The number of hydrogen-bond donors (Lipinski definition) is 2. The first kappa shape index (κ1) is 16.5. The number of hydrogen-bond acceptors (Lipinski definition) is 6. The number of fused-ring (bicyclic) bond motifs is 1. The van der Waals surface area contributed by atoms with E-state index in [1.165, 1.54) is 18.1 Å². The lowest BCUT2D eigenvalue weighted by Gasteiger charge is -2.10. The van der Waals surface area contributed by atoms with Gasteiger partial charge in [-0.05, 0) is 23.3 Å². The highest BCUT2D eigenvalue weighted by Gasteiger charge is 2.20. The molecule has 0 aliphatic carbocycles. The third-order valence-corrected chi connectivity index (χ3v) is 5.01. The van der Waals surface area contributed by atoms with Crippen LogP contribution in [-0.4, -0.2) is 29.6 Å². The van der Waals surface area contributed by atoms with E-state index in [9.17, 15) is 4.79 Å². The van der Waals surface area contributed by atoms with Crippen molar-refractivity contribution in [3.63, 3.8) is 0 Å². The van der Waals surface area contributed by atoms with Crippen LogP contribution in [0, 0.1) is 0 Å². The molecule has 0 bridgehead atoms. The fraction of sp³-hybridized carbons (Fsp3) is 0.211. The van der Waals surface area contributed by atoms with Crippen LogP contribution in [0.4, 0.5) is 0 Å². The predicted octanol–water partition coefficient (Wildman–Crippen LogP) is 2.90. The fourth-order valence-electron chi connectivity index (χ4n) is 2.75. The van der Waals surface area contributed by atoms with E-state index in [4.69, 9.17) is 4.74 Å². The molecule has 1 aliphatic heterocycles. The lowest BCUT2D eigenvalue weighted by Crippen LogP contribution is -2.37. The van der Waals surface area contributed by atoms with Gasteiger partial charge in [-0.25, -0.2) is 4.98 Å². The second-order valence-electron chi connectivity index (χ2n) is 6.01. The Kier molecular flexibility index (Phi) is 4.53. The zero-order valence-electron chi connectivity index (χ0n) is 14.2. The third-order valence-electron chi connectivity index (χ3n) is 3.99. The van der Waals surface area contributed by atoms with Crippen LogP contribution in [-0.2, 0) is 16.0 Å². The number of carbonyl (C=O) groups is 1. The summed E-state index contributed by atoms with van der Waals surface area (Å²) in [5, 5.41) is 7.84. The monoisotopic (exact) mass is 366 g/mol. The Bertz CT molecular complexity index is 968. The van der Waals surface area contributed by atoms with Gasteiger partial charge in [0.1, 0.15) is 5.01 Å². The van der Waals surface area contributed by atoms with Gasteiger partial charge in [0.25, 0.3) is 0 Å². The van der Waals surface area contributed by atoms with Crippen molar-refractivity contribution in [3.8, 4) is 11.1 Å². The third kappa shape index (κ3) is 3.67. The van der Waals surface area contributed by atoms with Crippen LogP contribution in [0.3, 0.4) is 0 Å². The molecule has 7 heteroatoms. The van der Waals surface area contributed by atoms with Crippen LogP contribution in [0.5, 0.6) is 0 Å². The quantitative estimate of drug-likeness (QED) is 0.728. The highest BCUT2D eigenvalue weighted by atomic mass is 32.1. The first-order chi connectivity index (χ1) is 12.7. The first-order valence-corrected chi connectivity index (χ1v) is 9.17. The molecule has 2 heterocycles. The molecule has 2 N–H and O–H groups in total. The van der Waals surface area contributed by atoms with Gasteiger partial charge in [-0.3, -0.25) is 10.2 Å². The van der Waals surface area contributed by atoms with E-state index in [0.29, 0.717) is 18.9 Å². The minimum atomic E-state index is -0.326. The summed E-state index contributed by atoms with van der Waals surface area (Å²) in [7, 11) is 0. The van der Waals surface area contributed by atoms with Gasteiger partial charge in [0.15, 0.2) is 0 Å². The van der Waals surface area contributed by atoms with E-state index in [1.54, 1.807) is 11.3 Å². The van der Waals surface area contributed by atoms with Gasteiger partial charge in [-0.15, -0.1) is 16.4 Å². The Labute approximate surface area is 154 Å². The van der Waals surface area contributed by atoms with E-state index >= 15 is 0 Å². The number of nitrogens with zero attached hydrogens (tertiary/aromatic N) is 2. The molecule has 0 spiro atoms. The number of aromatic nitrogens is 1. The Morgan fingerprint density at radius 2 is 2.08 bits per heavy atom. The summed E-state index contributed by atoms with van der Waals surface area (Å²) >= 11 is 1.64. The first-order valence-electron chi connectivity index (χ1n) is 8.35. The molecule has 1 amide bonds. The van der Waals surface area contributed by atoms with Gasteiger partial charge >= 0.3 is 0 Å². The fourth-order valence-corrected chi connectivity index (χ4v) is 3.75. The molecule has 0 saturated heterocycles. The number of nitrogens with one attached hydrogen (secondary N) is 2. The van der Waals surface area contributed by atoms with Crippen molar-refractivity contribution in [1.82, 2.24) is 15.7 Å². The molecular weight excluding hydrogens is 348 g/mol. The van der Waals surface area contributed by atoms with Crippen molar-refractivity contribution in [1.29, 1.82) is 0 Å². The van der Waals surface area contributed by atoms with Crippen LogP contribution in [0.25, 0.3) is 21.3 Å². The second-order valence-corrected chi connectivity index (χ2v) is 7.13. The molecule has 1 unspecified atom stereocenters. The molecule has 26 heavy (non-hydrogen) atoms. The average molecular weight is 366 g/mol. The molecule has 132 valence electrons. The van der Waals surface area contributed by atoms with Crippen LogP contribution < -0.4 is 10.7 Å². The average Bonchev–Trinajstić information content (AvgIpc) is 3.26. The van der Waals surface area contributed by atoms with Gasteiger partial charge in [-0.1, -0.05) is 36.4 Å². The maximum absolute atomic E-state index is 11.0. The smallest absolute Gasteiger partial charge is 0.217 e. The van der Waals surface area contributed by atoms with Crippen molar-refractivity contribution in [2.45, 2.75) is 19.6 Å².